The van der Waals surface area contributed by atoms with Gasteiger partial charge in [-0.3, -0.25) is 9.59 Å². The summed E-state index contributed by atoms with van der Waals surface area (Å²) < 4.78 is 23.4. The second-order valence-electron chi connectivity index (χ2n) is 22.4. The monoisotopic (exact) mass is 1510 g/mol. The molecule has 0 fully saturated rings. The van der Waals surface area contributed by atoms with Gasteiger partial charge in [0, 0.05) is 52.1 Å². The first-order valence-corrected chi connectivity index (χ1v) is 34.4. The molecule has 2 atom stereocenters. The molecule has 6 amide bonds. The number of alkyl carbamates (subject to hydrolysis) is 4. The fourth-order valence-corrected chi connectivity index (χ4v) is 11.7. The highest BCUT2D eigenvalue weighted by atomic mass is 79.9. The van der Waals surface area contributed by atoms with E-state index in [0.29, 0.717) is 83.5 Å². The highest BCUT2D eigenvalue weighted by Gasteiger charge is 2.30. The van der Waals surface area contributed by atoms with E-state index in [4.69, 9.17) is 29.6 Å². The minimum Gasteiger partial charge on any atom is -0.445 e. The Labute approximate surface area is 594 Å². The number of hydrogen-bond donors (Lipinski definition) is 5. The molecule has 4 heterocycles. The fourth-order valence-electron chi connectivity index (χ4n) is 8.25. The summed E-state index contributed by atoms with van der Waals surface area (Å²) in [6.45, 7) is 13.5. The minimum atomic E-state index is -0.792. The molecule has 26 heteroatoms. The average Bonchev–Trinajstić information content (AvgIpc) is 1.86. The van der Waals surface area contributed by atoms with Gasteiger partial charge in [0.1, 0.15) is 36.5 Å². The van der Waals surface area contributed by atoms with Crippen molar-refractivity contribution >= 4 is 119 Å². The van der Waals surface area contributed by atoms with Gasteiger partial charge in [0.05, 0.1) is 32.8 Å². The highest BCUT2D eigenvalue weighted by molar-refractivity contribution is 9.10. The van der Waals surface area contributed by atoms with Crippen LogP contribution in [0.1, 0.15) is 146 Å². The molecule has 3 aromatic carbocycles. The van der Waals surface area contributed by atoms with E-state index in [9.17, 15) is 28.8 Å². The van der Waals surface area contributed by atoms with E-state index in [0.717, 1.165) is 45.1 Å². The van der Waals surface area contributed by atoms with Crippen LogP contribution in [0.3, 0.4) is 0 Å². The van der Waals surface area contributed by atoms with E-state index in [2.05, 4.69) is 63.2 Å². The minimum absolute atomic E-state index is 0. The van der Waals surface area contributed by atoms with Gasteiger partial charge < -0.3 is 55.1 Å². The van der Waals surface area contributed by atoms with Crippen molar-refractivity contribution < 1.29 is 52.8 Å². The normalized spacial score (nSPS) is 11.0. The Hall–Kier alpha value is -7.29. The van der Waals surface area contributed by atoms with Crippen LogP contribution in [-0.2, 0) is 74.5 Å². The van der Waals surface area contributed by atoms with Crippen LogP contribution in [0.15, 0.2) is 157 Å². The number of halogens is 2. The maximum absolute atomic E-state index is 13.8. The first kappa shape index (κ1) is 85.7. The van der Waals surface area contributed by atoms with Gasteiger partial charge in [0.15, 0.2) is 0 Å². The molecule has 0 aliphatic heterocycles. The van der Waals surface area contributed by atoms with Crippen LogP contribution in [0, 0.1) is 0 Å². The van der Waals surface area contributed by atoms with Crippen LogP contribution >= 0.6 is 77.2 Å². The van der Waals surface area contributed by atoms with Gasteiger partial charge in [-0.15, -0.1) is 45.3 Å². The number of hydrogen-bond acceptors (Lipinski definition) is 16. The summed E-state index contributed by atoms with van der Waals surface area (Å²) >= 11 is 13.0. The molecule has 5 N–H and O–H groups in total. The van der Waals surface area contributed by atoms with Gasteiger partial charge in [-0.05, 0) is 172 Å². The molecule has 95 heavy (non-hydrogen) atoms. The summed E-state index contributed by atoms with van der Waals surface area (Å²) in [5.41, 5.74) is 10.2. The molecule has 0 aliphatic rings. The van der Waals surface area contributed by atoms with Crippen LogP contribution in [0.2, 0.25) is 0 Å². The van der Waals surface area contributed by atoms with Crippen molar-refractivity contribution in [1.29, 1.82) is 0 Å². The van der Waals surface area contributed by atoms with Gasteiger partial charge in [0.25, 0.3) is 0 Å². The molecule has 0 unspecified atom stereocenters. The number of ether oxygens (including phenoxy) is 4. The predicted molar refractivity (Wildman–Crippen MR) is 393 cm³/mol. The zero-order valence-electron chi connectivity index (χ0n) is 51.8. The van der Waals surface area contributed by atoms with Crippen LogP contribution in [-0.4, -0.2) is 87.5 Å². The third-order valence-corrected chi connectivity index (χ3v) is 17.0. The number of nitrogens with one attached hydrogen (secondary N) is 4. The molecular weight excluding hydrogens is 1420 g/mol. The van der Waals surface area contributed by atoms with E-state index >= 15 is 0 Å². The maximum atomic E-state index is 13.8. The van der Waals surface area contributed by atoms with Crippen molar-refractivity contribution in [2.45, 2.75) is 179 Å². The maximum Gasteiger partial charge on any atom is 0.408 e. The Kier molecular flexibility index (Phi) is 41.5. The van der Waals surface area contributed by atoms with Crippen molar-refractivity contribution in [1.82, 2.24) is 31.1 Å². The van der Waals surface area contributed by atoms with E-state index in [-0.39, 0.29) is 61.3 Å². The number of nitrogens with zero attached hydrogens (tertiary/aromatic N) is 5. The Morgan fingerprint density at radius 1 is 0.505 bits per heavy atom. The second kappa shape index (κ2) is 46.0. The summed E-state index contributed by atoms with van der Waals surface area (Å²) in [6.07, 6.45) is 0.789. The third kappa shape index (κ3) is 35.9. The largest absolute Gasteiger partial charge is 0.445 e. The number of unbranched alkanes of at least 4 members (excludes halogenated alkanes) is 2. The third-order valence-electron chi connectivity index (χ3n) is 12.5. The molecule has 7 rings (SSSR count). The molecule has 0 saturated heterocycles. The van der Waals surface area contributed by atoms with Crippen LogP contribution in [0.25, 0.3) is 10.4 Å². The number of benzene rings is 3. The molecule has 0 spiro atoms. The molecule has 0 radical (unpaired) electrons. The first-order valence-electron chi connectivity index (χ1n) is 29.3. The lowest BCUT2D eigenvalue weighted by Gasteiger charge is -2.28. The van der Waals surface area contributed by atoms with Crippen molar-refractivity contribution in [2.75, 3.05) is 13.1 Å². The molecule has 4 aromatic heterocycles. The SMILES string of the molecule is C.C.C.C.CC(C)(C)OC(=O)N[C@@H](CCCCNC(=O)OCc1ccc(Br)cc1)C(=O)N(Cc1cccs1)Cc1cccs1.CC(C)(C)OC(=O)N[C@@H](CCCCNC(=O)OCc1ccc(N=[N+]=[N-])cc1)C(=O)N(Cc1cccs1)Cc1cccs1.OCc1ccc(Br)cc1. The molecule has 0 saturated carbocycles. The summed E-state index contributed by atoms with van der Waals surface area (Å²) in [5.74, 6) is -0.365. The lowest BCUT2D eigenvalue weighted by molar-refractivity contribution is -0.135. The summed E-state index contributed by atoms with van der Waals surface area (Å²) in [6, 6.07) is 36.1. The predicted octanol–water partition coefficient (Wildman–Crippen LogP) is 18.8. The number of carbonyl (C=O) groups excluding carboxylic acids is 6. The molecular formula is C69H95Br2N9O11S4. The zero-order valence-corrected chi connectivity index (χ0v) is 58.2. The van der Waals surface area contributed by atoms with Crippen molar-refractivity contribution in [2.24, 2.45) is 5.11 Å². The van der Waals surface area contributed by atoms with Crippen LogP contribution < -0.4 is 21.3 Å². The lowest BCUT2D eigenvalue weighted by Crippen LogP contribution is -2.49. The van der Waals surface area contributed by atoms with E-state index < -0.39 is 47.7 Å². The number of amides is 6. The van der Waals surface area contributed by atoms with E-state index in [1.54, 1.807) is 121 Å². The number of thiophene rings is 4. The number of aliphatic hydroxyl groups excluding tert-OH is 1. The van der Waals surface area contributed by atoms with Crippen LogP contribution in [0.4, 0.5) is 24.9 Å². The second-order valence-corrected chi connectivity index (χ2v) is 28.3. The molecule has 7 aromatic rings. The number of azide groups is 1. The Balaban J connectivity index is 0.000000807. The number of aliphatic hydroxyl groups is 1. The summed E-state index contributed by atoms with van der Waals surface area (Å²) in [4.78, 5) is 87.6. The average molecular weight is 1510 g/mol. The van der Waals surface area contributed by atoms with Gasteiger partial charge in [0.2, 0.25) is 11.8 Å². The van der Waals surface area contributed by atoms with Gasteiger partial charge >= 0.3 is 24.4 Å². The van der Waals surface area contributed by atoms with E-state index in [1.165, 1.54) is 0 Å². The first-order chi connectivity index (χ1) is 43.5. The topological polar surface area (TPSA) is 263 Å². The van der Waals surface area contributed by atoms with Crippen LogP contribution in [0.5, 0.6) is 0 Å². The van der Waals surface area contributed by atoms with Crippen molar-refractivity contribution in [3.8, 4) is 0 Å². The summed E-state index contributed by atoms with van der Waals surface area (Å²) in [5, 5.41) is 31.1. The zero-order chi connectivity index (χ0) is 66.0. The van der Waals surface area contributed by atoms with Gasteiger partial charge in [-0.25, -0.2) is 19.2 Å². The molecule has 520 valence electrons. The molecule has 0 bridgehead atoms. The Bertz CT molecular complexity index is 3240. The van der Waals surface area contributed by atoms with Crippen molar-refractivity contribution in [3.05, 3.63) is 198 Å². The standard InChI is InChI=1S/C29H36BrN3O5S2.C29H36N6O5S2.C7H7BrO.4CH4/c1-29(2,3)38-28(36)32-25(10-4-5-15-31-27(35)37-20-21-11-13-22(30)14-12-21)26(34)33(18-23-8-6-16-39-23)19-24-9-7-17-40-24;1-29(2,3)40-28(38)32-25(26(36)35(18-23-8-6-16-41-23)19-24-9-7-17-42-24)10-4-5-15-31-27(37)39-20-21-11-13-22(14-12-21)33-34-30;8-7-3-1-6(5-9)2-4-7;;;;/h6-9,11-14,16-17,25H,4-5,10,15,18-20H2,1-3H3,(H,31,35)(H,32,36);6-9,11-14,16-17,25H,4-5,10,15,18-20H2,1-3H3,(H,31,37)(H,32,38);1-4,9H,5H2;4*1H4/t2*25-;;;;;/m00...../s1. The van der Waals surface area contributed by atoms with Gasteiger partial charge in [-0.1, -0.05) is 139 Å². The molecule has 0 aliphatic carbocycles. The lowest BCUT2D eigenvalue weighted by atomic mass is 10.1. The van der Waals surface area contributed by atoms with Crippen molar-refractivity contribution in [3.63, 3.8) is 0 Å². The molecule has 20 nitrogen and oxygen atoms in total. The Morgan fingerprint density at radius 2 is 0.832 bits per heavy atom. The fraction of sp³-hybridized carbons (Fsp3) is 0.420. The summed E-state index contributed by atoms with van der Waals surface area (Å²) in [7, 11) is 0. The van der Waals surface area contributed by atoms with E-state index in [1.807, 2.05) is 119 Å². The van der Waals surface area contributed by atoms with Gasteiger partial charge in [-0.2, -0.15) is 0 Å². The smallest absolute Gasteiger partial charge is 0.408 e. The highest BCUT2D eigenvalue weighted by Crippen LogP contribution is 2.23. The number of carbonyl (C=O) groups is 6. The Morgan fingerprint density at radius 3 is 1.13 bits per heavy atom. The number of rotatable bonds is 28. The quantitative estimate of drug-likeness (QED) is 0.0101.